The lowest BCUT2D eigenvalue weighted by Crippen LogP contribution is -2.45. The number of ether oxygens (including phenoxy) is 2. The molecule has 32 heavy (non-hydrogen) atoms. The van der Waals surface area contributed by atoms with Crippen LogP contribution in [0.15, 0.2) is 41.2 Å². The number of carbonyl (C=O) groups excluding carboxylic acids is 2. The van der Waals surface area contributed by atoms with Crippen molar-refractivity contribution in [3.8, 4) is 11.5 Å². The Hall–Kier alpha value is -3.88. The molecule has 0 saturated carbocycles. The average Bonchev–Trinajstić information content (AvgIpc) is 2.78. The summed E-state index contributed by atoms with van der Waals surface area (Å²) in [6.07, 6.45) is 0.444. The minimum Gasteiger partial charge on any atom is -0.493 e. The third-order valence-electron chi connectivity index (χ3n) is 5.56. The summed E-state index contributed by atoms with van der Waals surface area (Å²) in [7, 11) is 3.15. The van der Waals surface area contributed by atoms with Gasteiger partial charge in [-0.2, -0.15) is 0 Å². The Balaban J connectivity index is 1.71. The molecule has 0 aliphatic carbocycles. The summed E-state index contributed by atoms with van der Waals surface area (Å²) in [6.45, 7) is 2.12. The maximum Gasteiger partial charge on any atom is 0.264 e. The van der Waals surface area contributed by atoms with Crippen LogP contribution in [0.25, 0.3) is 10.9 Å². The van der Waals surface area contributed by atoms with Crippen LogP contribution >= 0.6 is 0 Å². The van der Waals surface area contributed by atoms with Crippen LogP contribution in [0.4, 0.5) is 5.69 Å². The quantitative estimate of drug-likeness (QED) is 0.571. The molecule has 4 rings (SSSR count). The number of hydrogen-bond acceptors (Lipinski definition) is 7. The summed E-state index contributed by atoms with van der Waals surface area (Å²) in [5, 5.41) is 6.00. The normalized spacial score (nSPS) is 16.0. The van der Waals surface area contributed by atoms with Crippen LogP contribution in [-0.2, 0) is 16.1 Å². The zero-order valence-corrected chi connectivity index (χ0v) is 18.1. The third kappa shape index (κ3) is 3.89. The van der Waals surface area contributed by atoms with Crippen molar-refractivity contribution in [3.05, 3.63) is 58.1 Å². The van der Waals surface area contributed by atoms with Crippen LogP contribution in [0.5, 0.6) is 11.5 Å². The van der Waals surface area contributed by atoms with Gasteiger partial charge in [0.1, 0.15) is 11.9 Å². The molecule has 1 aliphatic heterocycles. The van der Waals surface area contributed by atoms with Crippen molar-refractivity contribution in [2.24, 2.45) is 0 Å². The van der Waals surface area contributed by atoms with E-state index in [-0.39, 0.29) is 24.3 Å². The minimum atomic E-state index is -0.768. The molecule has 0 radical (unpaired) electrons. The number of nitrogens with zero attached hydrogens (tertiary/aromatic N) is 2. The van der Waals surface area contributed by atoms with Gasteiger partial charge in [-0.05, 0) is 43.2 Å². The molecule has 9 nitrogen and oxygen atoms in total. The summed E-state index contributed by atoms with van der Waals surface area (Å²) >= 11 is 0. The second-order valence-electron chi connectivity index (χ2n) is 7.54. The fourth-order valence-corrected chi connectivity index (χ4v) is 3.98. The van der Waals surface area contributed by atoms with Gasteiger partial charge in [-0.1, -0.05) is 12.1 Å². The highest BCUT2D eigenvalue weighted by atomic mass is 16.5. The second kappa shape index (κ2) is 8.70. The Bertz CT molecular complexity index is 1270. The molecule has 1 unspecified atom stereocenters. The van der Waals surface area contributed by atoms with Gasteiger partial charge < -0.3 is 14.8 Å². The van der Waals surface area contributed by atoms with Gasteiger partial charge in [0.25, 0.3) is 5.56 Å². The van der Waals surface area contributed by atoms with Crippen molar-refractivity contribution >= 4 is 28.4 Å². The lowest BCUT2D eigenvalue weighted by atomic mass is 10.1. The molecule has 3 aromatic rings. The first-order chi connectivity index (χ1) is 15.4. The fraction of sp³-hybridized carbons (Fsp3) is 0.304. The minimum absolute atomic E-state index is 0.180. The number of hydrogen-bond donors (Lipinski definition) is 2. The monoisotopic (exact) mass is 436 g/mol. The lowest BCUT2D eigenvalue weighted by Gasteiger charge is -2.24. The van der Waals surface area contributed by atoms with E-state index in [9.17, 15) is 14.4 Å². The molecular formula is C23H24N4O5. The van der Waals surface area contributed by atoms with Crippen molar-refractivity contribution in [1.29, 1.82) is 0 Å². The smallest absolute Gasteiger partial charge is 0.264 e. The topological polar surface area (TPSA) is 112 Å². The zero-order valence-electron chi connectivity index (χ0n) is 18.1. The number of amides is 2. The predicted molar refractivity (Wildman–Crippen MR) is 119 cm³/mol. The molecule has 1 atom stereocenters. The number of aryl methyl sites for hydroxylation is 1. The maximum absolute atomic E-state index is 13.5. The molecular weight excluding hydrogens is 412 g/mol. The Morgan fingerprint density at radius 2 is 1.91 bits per heavy atom. The third-order valence-corrected chi connectivity index (χ3v) is 5.56. The lowest BCUT2D eigenvalue weighted by molar-refractivity contribution is -0.135. The number of benzene rings is 2. The van der Waals surface area contributed by atoms with E-state index < -0.39 is 11.9 Å². The molecule has 2 heterocycles. The Morgan fingerprint density at radius 3 is 2.62 bits per heavy atom. The summed E-state index contributed by atoms with van der Waals surface area (Å²) in [5.74, 6) is 0.857. The number of piperidine rings is 1. The van der Waals surface area contributed by atoms with E-state index >= 15 is 0 Å². The maximum atomic E-state index is 13.5. The van der Waals surface area contributed by atoms with Gasteiger partial charge in [-0.15, -0.1) is 0 Å². The van der Waals surface area contributed by atoms with E-state index in [1.54, 1.807) is 33.3 Å². The van der Waals surface area contributed by atoms with E-state index in [2.05, 4.69) is 15.6 Å². The molecule has 2 N–H and O–H groups in total. The molecule has 0 spiro atoms. The summed E-state index contributed by atoms with van der Waals surface area (Å²) in [6, 6.07) is 10.2. The second-order valence-corrected chi connectivity index (χ2v) is 7.54. The van der Waals surface area contributed by atoms with E-state index in [0.29, 0.717) is 40.5 Å². The first-order valence-corrected chi connectivity index (χ1v) is 10.2. The van der Waals surface area contributed by atoms with Crippen LogP contribution in [-0.4, -0.2) is 35.6 Å². The van der Waals surface area contributed by atoms with Crippen LogP contribution in [0, 0.1) is 6.92 Å². The van der Waals surface area contributed by atoms with Crippen molar-refractivity contribution in [3.63, 3.8) is 0 Å². The number of carbonyl (C=O) groups is 2. The number of rotatable bonds is 6. The van der Waals surface area contributed by atoms with Gasteiger partial charge in [-0.25, -0.2) is 4.98 Å². The van der Waals surface area contributed by atoms with E-state index in [1.165, 1.54) is 4.57 Å². The molecule has 2 aromatic carbocycles. The van der Waals surface area contributed by atoms with Gasteiger partial charge in [-0.3, -0.25) is 24.3 Å². The summed E-state index contributed by atoms with van der Waals surface area (Å²) in [4.78, 5) is 42.0. The summed E-state index contributed by atoms with van der Waals surface area (Å²) in [5.41, 5.74) is 1.76. The molecule has 0 bridgehead atoms. The zero-order chi connectivity index (χ0) is 22.8. The highest BCUT2D eigenvalue weighted by molar-refractivity contribution is 5.99. The molecule has 1 aliphatic rings. The van der Waals surface area contributed by atoms with Gasteiger partial charge >= 0.3 is 0 Å². The average molecular weight is 436 g/mol. The van der Waals surface area contributed by atoms with Crippen molar-refractivity contribution in [2.45, 2.75) is 32.4 Å². The van der Waals surface area contributed by atoms with Gasteiger partial charge in [0.2, 0.25) is 11.8 Å². The Labute approximate surface area is 184 Å². The molecule has 1 aromatic heterocycles. The standard InChI is InChI=1S/C23H24N4O5/c1-13-25-16-6-4-5-15(24-12-14-7-9-18(31-2)19(11-14)32-3)21(16)23(30)27(13)17-8-10-20(28)26-22(17)29/h4-7,9,11,17,24H,8,10,12H2,1-3H3,(H,26,28,29). The van der Waals surface area contributed by atoms with Gasteiger partial charge in [0.15, 0.2) is 11.5 Å². The summed E-state index contributed by atoms with van der Waals surface area (Å²) < 4.78 is 12.0. The van der Waals surface area contributed by atoms with E-state index in [0.717, 1.165) is 5.56 Å². The fourth-order valence-electron chi connectivity index (χ4n) is 3.98. The van der Waals surface area contributed by atoms with Crippen LogP contribution < -0.4 is 25.7 Å². The first-order valence-electron chi connectivity index (χ1n) is 10.2. The van der Waals surface area contributed by atoms with Crippen LogP contribution in [0.1, 0.15) is 30.3 Å². The highest BCUT2D eigenvalue weighted by Crippen LogP contribution is 2.28. The number of nitrogens with one attached hydrogen (secondary N) is 2. The van der Waals surface area contributed by atoms with Gasteiger partial charge in [0, 0.05) is 18.7 Å². The predicted octanol–water partition coefficient (Wildman–Crippen LogP) is 2.31. The molecule has 2 amide bonds. The number of aromatic nitrogens is 2. The van der Waals surface area contributed by atoms with Gasteiger partial charge in [0.05, 0.1) is 25.1 Å². The Kier molecular flexibility index (Phi) is 5.81. The molecule has 1 saturated heterocycles. The van der Waals surface area contributed by atoms with E-state index in [4.69, 9.17) is 9.47 Å². The van der Waals surface area contributed by atoms with Crippen molar-refractivity contribution in [2.75, 3.05) is 19.5 Å². The Morgan fingerprint density at radius 1 is 1.12 bits per heavy atom. The first kappa shape index (κ1) is 21.4. The largest absolute Gasteiger partial charge is 0.493 e. The van der Waals surface area contributed by atoms with Crippen molar-refractivity contribution in [1.82, 2.24) is 14.9 Å². The van der Waals surface area contributed by atoms with Crippen LogP contribution in [0.3, 0.4) is 0 Å². The van der Waals surface area contributed by atoms with Crippen LogP contribution in [0.2, 0.25) is 0 Å². The number of fused-ring (bicyclic) bond motifs is 1. The highest BCUT2D eigenvalue weighted by Gasteiger charge is 2.30. The van der Waals surface area contributed by atoms with E-state index in [1.807, 2.05) is 24.3 Å². The number of methoxy groups -OCH3 is 2. The molecule has 166 valence electrons. The molecule has 1 fully saturated rings. The number of imide groups is 1. The van der Waals surface area contributed by atoms with Crippen molar-refractivity contribution < 1.29 is 19.1 Å². The number of anilines is 1. The molecule has 9 heteroatoms. The SMILES string of the molecule is COc1ccc(CNc2cccc3nc(C)n(C4CCC(=O)NC4=O)c(=O)c23)cc1OC.